The lowest BCUT2D eigenvalue weighted by Crippen LogP contribution is -2.09. The molecule has 120 valence electrons. The molecule has 0 aromatic heterocycles. The van der Waals surface area contributed by atoms with E-state index in [0.717, 1.165) is 11.4 Å². The van der Waals surface area contributed by atoms with Crippen molar-refractivity contribution in [3.8, 4) is 11.1 Å². The van der Waals surface area contributed by atoms with Crippen LogP contribution in [-0.2, 0) is 0 Å². The zero-order chi connectivity index (χ0) is 16.7. The number of hydrogen-bond donors (Lipinski definition) is 0. The van der Waals surface area contributed by atoms with Crippen molar-refractivity contribution < 1.29 is 4.39 Å². The topological polar surface area (TPSA) is 12.4 Å². The van der Waals surface area contributed by atoms with E-state index in [1.54, 1.807) is 12.2 Å². The molecule has 0 bridgehead atoms. The normalized spacial score (nSPS) is 22.1. The van der Waals surface area contributed by atoms with Gasteiger partial charge in [0.15, 0.2) is 0 Å². The molecule has 2 heteroatoms. The van der Waals surface area contributed by atoms with Gasteiger partial charge in [-0.15, -0.1) is 0 Å². The fourth-order valence-electron chi connectivity index (χ4n) is 3.79. The first kappa shape index (κ1) is 15.1. The first-order valence-corrected chi connectivity index (χ1v) is 8.46. The van der Waals surface area contributed by atoms with Gasteiger partial charge >= 0.3 is 0 Å². The average Bonchev–Trinajstić information content (AvgIpc) is 2.90. The quantitative estimate of drug-likeness (QED) is 0.573. The minimum Gasteiger partial charge on any atom is -0.257 e. The minimum absolute atomic E-state index is 0.149. The first-order valence-electron chi connectivity index (χ1n) is 8.46. The van der Waals surface area contributed by atoms with Gasteiger partial charge in [0.2, 0.25) is 0 Å². The fraction of sp³-hybridized carbons (Fsp3) is 0.227. The summed E-state index contributed by atoms with van der Waals surface area (Å²) in [6.45, 7) is 4.29. The third-order valence-corrected chi connectivity index (χ3v) is 5.12. The lowest BCUT2D eigenvalue weighted by Gasteiger charge is -2.15. The number of benzene rings is 2. The van der Waals surface area contributed by atoms with Gasteiger partial charge in [-0.25, -0.2) is 4.39 Å². The van der Waals surface area contributed by atoms with Gasteiger partial charge in [0.05, 0.1) is 5.69 Å². The molecule has 0 fully saturated rings. The zero-order valence-electron chi connectivity index (χ0n) is 14.0. The van der Waals surface area contributed by atoms with E-state index in [1.807, 2.05) is 13.0 Å². The van der Waals surface area contributed by atoms with Crippen LogP contribution in [0, 0.1) is 5.92 Å². The van der Waals surface area contributed by atoms with Gasteiger partial charge in [-0.05, 0) is 53.8 Å². The molecule has 1 nitrogen and oxygen atoms in total. The smallest absolute Gasteiger partial charge is 0.118 e. The second-order valence-electron chi connectivity index (χ2n) is 6.59. The van der Waals surface area contributed by atoms with Crippen LogP contribution in [0.3, 0.4) is 0 Å². The van der Waals surface area contributed by atoms with Crippen molar-refractivity contribution in [3.05, 3.63) is 77.6 Å². The maximum atomic E-state index is 13.2. The predicted octanol–water partition coefficient (Wildman–Crippen LogP) is 6.34. The number of rotatable bonds is 2. The van der Waals surface area contributed by atoms with Crippen molar-refractivity contribution in [2.45, 2.75) is 26.2 Å². The standard InChI is InChI=1S/C22H20FN/c1-14-18-6-3-4-7-19(18)20-8-5-9-21(22(14)20)24-15(2)16-10-12-17(23)13-11-16/h3-10,12-14,16H,11H2,1-2H3/t14-,16?/m1/s1. The summed E-state index contributed by atoms with van der Waals surface area (Å²) in [6.07, 6.45) is 5.77. The van der Waals surface area contributed by atoms with Crippen molar-refractivity contribution in [1.29, 1.82) is 0 Å². The lowest BCUT2D eigenvalue weighted by molar-refractivity contribution is 0.643. The maximum absolute atomic E-state index is 13.2. The van der Waals surface area contributed by atoms with Crippen LogP contribution in [0.5, 0.6) is 0 Å². The Morgan fingerprint density at radius 2 is 1.88 bits per heavy atom. The van der Waals surface area contributed by atoms with E-state index in [1.165, 1.54) is 22.3 Å². The number of aliphatic imine (C=N–C) groups is 1. The molecule has 24 heavy (non-hydrogen) atoms. The third-order valence-electron chi connectivity index (χ3n) is 5.12. The van der Waals surface area contributed by atoms with E-state index in [9.17, 15) is 4.39 Å². The highest BCUT2D eigenvalue weighted by Gasteiger charge is 2.27. The molecule has 0 amide bonds. The van der Waals surface area contributed by atoms with Gasteiger partial charge in [-0.3, -0.25) is 4.99 Å². The summed E-state index contributed by atoms with van der Waals surface area (Å²) < 4.78 is 13.2. The van der Waals surface area contributed by atoms with Crippen LogP contribution in [0.15, 0.2) is 71.5 Å². The molecule has 0 spiro atoms. The SMILES string of the molecule is CC(=Nc1cccc2c1[C@H](C)c1ccccc1-2)C1C=CC(F)=CC1. The summed E-state index contributed by atoms with van der Waals surface area (Å²) in [5.41, 5.74) is 7.35. The van der Waals surface area contributed by atoms with Crippen LogP contribution in [0.1, 0.15) is 37.3 Å². The summed E-state index contributed by atoms with van der Waals surface area (Å²) in [7, 11) is 0. The number of allylic oxidation sites excluding steroid dienone is 4. The van der Waals surface area contributed by atoms with Gasteiger partial charge in [-0.1, -0.05) is 49.4 Å². The van der Waals surface area contributed by atoms with Gasteiger partial charge in [-0.2, -0.15) is 0 Å². The Hall–Kier alpha value is -2.48. The van der Waals surface area contributed by atoms with Gasteiger partial charge in [0, 0.05) is 17.5 Å². The van der Waals surface area contributed by atoms with Gasteiger partial charge in [0.25, 0.3) is 0 Å². The number of fused-ring (bicyclic) bond motifs is 3. The van der Waals surface area contributed by atoms with Crippen molar-refractivity contribution in [1.82, 2.24) is 0 Å². The van der Waals surface area contributed by atoms with Crippen LogP contribution in [0.25, 0.3) is 11.1 Å². The van der Waals surface area contributed by atoms with E-state index in [4.69, 9.17) is 4.99 Å². The van der Waals surface area contributed by atoms with Crippen molar-refractivity contribution >= 4 is 11.4 Å². The molecule has 0 heterocycles. The largest absolute Gasteiger partial charge is 0.257 e. The first-order chi connectivity index (χ1) is 11.6. The lowest BCUT2D eigenvalue weighted by atomic mass is 9.95. The minimum atomic E-state index is -0.149. The summed E-state index contributed by atoms with van der Waals surface area (Å²) in [5, 5.41) is 0. The molecule has 1 unspecified atom stereocenters. The fourth-order valence-corrected chi connectivity index (χ4v) is 3.79. The van der Waals surface area contributed by atoms with Crippen molar-refractivity contribution in [2.24, 2.45) is 10.9 Å². The van der Waals surface area contributed by atoms with Crippen LogP contribution in [0.2, 0.25) is 0 Å². The Kier molecular flexibility index (Phi) is 3.68. The third kappa shape index (κ3) is 2.43. The van der Waals surface area contributed by atoms with E-state index in [2.05, 4.69) is 49.4 Å². The molecule has 4 rings (SSSR count). The summed E-state index contributed by atoms with van der Waals surface area (Å²) in [4.78, 5) is 4.93. The molecule has 2 aromatic rings. The van der Waals surface area contributed by atoms with Crippen LogP contribution in [0.4, 0.5) is 10.1 Å². The van der Waals surface area contributed by atoms with Crippen LogP contribution in [-0.4, -0.2) is 5.71 Å². The molecule has 2 aliphatic rings. The molecule has 2 aromatic carbocycles. The molecule has 0 saturated carbocycles. The van der Waals surface area contributed by atoms with E-state index in [0.29, 0.717) is 12.3 Å². The highest BCUT2D eigenvalue weighted by atomic mass is 19.1. The van der Waals surface area contributed by atoms with E-state index >= 15 is 0 Å². The molecule has 0 radical (unpaired) electrons. The maximum Gasteiger partial charge on any atom is 0.118 e. The number of halogens is 1. The number of hydrogen-bond acceptors (Lipinski definition) is 1. The number of nitrogens with zero attached hydrogens (tertiary/aromatic N) is 1. The van der Waals surface area contributed by atoms with E-state index < -0.39 is 0 Å². The average molecular weight is 317 g/mol. The Balaban J connectivity index is 1.74. The zero-order valence-corrected chi connectivity index (χ0v) is 14.0. The Morgan fingerprint density at radius 1 is 1.08 bits per heavy atom. The molecular formula is C22H20FN. The van der Waals surface area contributed by atoms with Crippen LogP contribution < -0.4 is 0 Å². The molecule has 0 aliphatic heterocycles. The van der Waals surface area contributed by atoms with Crippen molar-refractivity contribution in [2.75, 3.05) is 0 Å². The second-order valence-corrected chi connectivity index (χ2v) is 6.59. The molecular weight excluding hydrogens is 297 g/mol. The van der Waals surface area contributed by atoms with Crippen LogP contribution >= 0.6 is 0 Å². The van der Waals surface area contributed by atoms with E-state index in [-0.39, 0.29) is 11.7 Å². The molecule has 2 aliphatic carbocycles. The Bertz CT molecular complexity index is 889. The Labute approximate surface area is 142 Å². The molecule has 2 atom stereocenters. The highest BCUT2D eigenvalue weighted by Crippen LogP contribution is 2.48. The summed E-state index contributed by atoms with van der Waals surface area (Å²) in [6, 6.07) is 14.9. The summed E-state index contributed by atoms with van der Waals surface area (Å²) >= 11 is 0. The van der Waals surface area contributed by atoms with Crippen molar-refractivity contribution in [3.63, 3.8) is 0 Å². The monoisotopic (exact) mass is 317 g/mol. The summed E-state index contributed by atoms with van der Waals surface area (Å²) in [5.74, 6) is 0.381. The Morgan fingerprint density at radius 3 is 2.67 bits per heavy atom. The second kappa shape index (κ2) is 5.86. The molecule has 0 saturated heterocycles. The molecule has 0 N–H and O–H groups in total. The van der Waals surface area contributed by atoms with Gasteiger partial charge < -0.3 is 0 Å². The predicted molar refractivity (Wildman–Crippen MR) is 98.6 cm³/mol. The highest BCUT2D eigenvalue weighted by molar-refractivity contribution is 5.91. The van der Waals surface area contributed by atoms with Gasteiger partial charge in [0.1, 0.15) is 5.83 Å².